The van der Waals surface area contributed by atoms with Crippen LogP contribution < -0.4 is 4.74 Å². The zero-order valence-electron chi connectivity index (χ0n) is 9.66. The molecule has 0 aliphatic carbocycles. The number of carbonyl (C=O) groups is 1. The van der Waals surface area contributed by atoms with Crippen molar-refractivity contribution in [2.45, 2.75) is 0 Å². The summed E-state index contributed by atoms with van der Waals surface area (Å²) in [5.41, 5.74) is 0.581. The minimum absolute atomic E-state index is 0.0591. The summed E-state index contributed by atoms with van der Waals surface area (Å²) in [7, 11) is 0. The van der Waals surface area contributed by atoms with E-state index in [1.54, 1.807) is 0 Å². The number of non-ortho nitro benzene ring substituents is 1. The van der Waals surface area contributed by atoms with Gasteiger partial charge in [-0.1, -0.05) is 0 Å². The maximum absolute atomic E-state index is 11.7. The number of hydrogen-bond acceptors (Lipinski definition) is 6. The smallest absolute Gasteiger partial charge is 0.343 e. The summed E-state index contributed by atoms with van der Waals surface area (Å²) in [5.74, 6) is -0.136. The first-order chi connectivity index (χ1) is 9.16. The Bertz CT molecular complexity index is 698. The molecular formula is C12H8N2O5. The summed E-state index contributed by atoms with van der Waals surface area (Å²) < 4.78 is 10.4. The third-order valence-electron chi connectivity index (χ3n) is 2.80. The van der Waals surface area contributed by atoms with E-state index >= 15 is 0 Å². The molecule has 2 aromatic rings. The van der Waals surface area contributed by atoms with Gasteiger partial charge in [-0.25, -0.2) is 4.79 Å². The Morgan fingerprint density at radius 1 is 1.26 bits per heavy atom. The van der Waals surface area contributed by atoms with E-state index in [1.165, 1.54) is 24.4 Å². The fourth-order valence-electron chi connectivity index (χ4n) is 1.93. The number of ether oxygens (including phenoxy) is 2. The van der Waals surface area contributed by atoms with Crippen LogP contribution in [0.1, 0.15) is 10.4 Å². The van der Waals surface area contributed by atoms with Crippen LogP contribution in [-0.2, 0) is 4.74 Å². The molecule has 0 saturated heterocycles. The van der Waals surface area contributed by atoms with Crippen molar-refractivity contribution in [3.63, 3.8) is 0 Å². The van der Waals surface area contributed by atoms with Gasteiger partial charge in [0.05, 0.1) is 10.4 Å². The van der Waals surface area contributed by atoms with Gasteiger partial charge in [0.1, 0.15) is 24.5 Å². The topological polar surface area (TPSA) is 91.6 Å². The van der Waals surface area contributed by atoms with Crippen LogP contribution in [0.2, 0.25) is 0 Å². The number of nitrogens with zero attached hydrogens (tertiary/aromatic N) is 2. The Kier molecular flexibility index (Phi) is 2.52. The number of rotatable bonds is 1. The molecule has 0 unspecified atom stereocenters. The Morgan fingerprint density at radius 3 is 2.84 bits per heavy atom. The number of esters is 1. The Hall–Kier alpha value is -2.70. The lowest BCUT2D eigenvalue weighted by atomic mass is 10.1. The van der Waals surface area contributed by atoms with Gasteiger partial charge in [0.2, 0.25) is 0 Å². The van der Waals surface area contributed by atoms with E-state index < -0.39 is 10.9 Å². The van der Waals surface area contributed by atoms with Gasteiger partial charge in [0.15, 0.2) is 0 Å². The molecule has 0 bridgehead atoms. The molecule has 1 aromatic heterocycles. The Balaban J connectivity index is 2.25. The maximum atomic E-state index is 11.7. The second-order valence-corrected chi connectivity index (χ2v) is 3.94. The van der Waals surface area contributed by atoms with E-state index in [9.17, 15) is 14.9 Å². The molecule has 2 heterocycles. The molecule has 0 saturated carbocycles. The van der Waals surface area contributed by atoms with Crippen LogP contribution in [0.3, 0.4) is 0 Å². The molecule has 7 nitrogen and oxygen atoms in total. The molecule has 0 amide bonds. The third kappa shape index (κ3) is 1.85. The number of carbonyl (C=O) groups excluding carboxylic acids is 1. The molecule has 0 spiro atoms. The average Bonchev–Trinajstić information content (AvgIpc) is 2.60. The van der Waals surface area contributed by atoms with Crippen molar-refractivity contribution in [1.29, 1.82) is 0 Å². The molecule has 1 aliphatic heterocycles. The molecule has 0 fully saturated rings. The molecule has 3 rings (SSSR count). The van der Waals surface area contributed by atoms with E-state index in [1.807, 2.05) is 0 Å². The third-order valence-corrected chi connectivity index (χ3v) is 2.80. The summed E-state index contributed by atoms with van der Waals surface area (Å²) >= 11 is 0. The van der Waals surface area contributed by atoms with Gasteiger partial charge in [0, 0.05) is 23.7 Å². The second-order valence-electron chi connectivity index (χ2n) is 3.94. The molecule has 1 aromatic carbocycles. The SMILES string of the molecule is O=C1OCCOc2c1cnc1cc([N+](=O)[O-])ccc21. The zero-order chi connectivity index (χ0) is 13.4. The quantitative estimate of drug-likeness (QED) is 0.440. The van der Waals surface area contributed by atoms with Crippen LogP contribution in [0, 0.1) is 10.1 Å². The van der Waals surface area contributed by atoms with Crippen LogP contribution >= 0.6 is 0 Å². The molecule has 0 atom stereocenters. The normalized spacial score (nSPS) is 14.2. The number of aromatic nitrogens is 1. The number of nitro benzene ring substituents is 1. The first-order valence-corrected chi connectivity index (χ1v) is 5.54. The highest BCUT2D eigenvalue weighted by molar-refractivity contribution is 6.00. The number of hydrogen-bond donors (Lipinski definition) is 0. The first-order valence-electron chi connectivity index (χ1n) is 5.54. The molecule has 7 heteroatoms. The van der Waals surface area contributed by atoms with Gasteiger partial charge in [-0.15, -0.1) is 0 Å². The molecule has 0 N–H and O–H groups in total. The van der Waals surface area contributed by atoms with Gasteiger partial charge in [-0.3, -0.25) is 15.1 Å². The lowest BCUT2D eigenvalue weighted by molar-refractivity contribution is -0.384. The summed E-state index contributed by atoms with van der Waals surface area (Å²) in [6.45, 7) is 0.414. The number of cyclic esters (lactones) is 1. The molecule has 19 heavy (non-hydrogen) atoms. The molecular weight excluding hydrogens is 252 g/mol. The van der Waals surface area contributed by atoms with Crippen molar-refractivity contribution in [3.8, 4) is 5.75 Å². The largest absolute Gasteiger partial charge is 0.488 e. The lowest BCUT2D eigenvalue weighted by Gasteiger charge is -2.07. The van der Waals surface area contributed by atoms with Crippen molar-refractivity contribution in [2.24, 2.45) is 0 Å². The minimum Gasteiger partial charge on any atom is -0.488 e. The first kappa shape index (κ1) is 11.4. The molecule has 1 aliphatic rings. The summed E-state index contributed by atoms with van der Waals surface area (Å²) in [6.07, 6.45) is 1.31. The standard InChI is InChI=1S/C12H8N2O5/c15-12-9-6-13-10-5-7(14(16)17)1-2-8(10)11(9)18-3-4-19-12/h1-2,5-6H,3-4H2. The van der Waals surface area contributed by atoms with Gasteiger partial charge in [-0.2, -0.15) is 0 Å². The fourth-order valence-corrected chi connectivity index (χ4v) is 1.93. The number of benzene rings is 1. The fraction of sp³-hybridized carbons (Fsp3) is 0.167. The van der Waals surface area contributed by atoms with Crippen LogP contribution in [0.4, 0.5) is 5.69 Å². The number of pyridine rings is 1. The minimum atomic E-state index is -0.500. The van der Waals surface area contributed by atoms with Gasteiger partial charge >= 0.3 is 5.97 Å². The highest BCUT2D eigenvalue weighted by atomic mass is 16.6. The number of fused-ring (bicyclic) bond motifs is 3. The Labute approximate surface area is 106 Å². The lowest BCUT2D eigenvalue weighted by Crippen LogP contribution is -2.05. The van der Waals surface area contributed by atoms with E-state index in [-0.39, 0.29) is 24.5 Å². The van der Waals surface area contributed by atoms with Gasteiger partial charge in [0.25, 0.3) is 5.69 Å². The van der Waals surface area contributed by atoms with Gasteiger partial charge < -0.3 is 9.47 Å². The van der Waals surface area contributed by atoms with E-state index in [4.69, 9.17) is 9.47 Å². The van der Waals surface area contributed by atoms with E-state index in [0.717, 1.165) is 0 Å². The van der Waals surface area contributed by atoms with Crippen molar-refractivity contribution < 1.29 is 19.2 Å². The summed E-state index contributed by atoms with van der Waals surface area (Å²) in [5, 5.41) is 11.3. The summed E-state index contributed by atoms with van der Waals surface area (Å²) in [4.78, 5) is 25.9. The predicted octanol–water partition coefficient (Wildman–Crippen LogP) is 1.69. The molecule has 0 radical (unpaired) electrons. The van der Waals surface area contributed by atoms with Crippen molar-refractivity contribution in [2.75, 3.05) is 13.2 Å². The van der Waals surface area contributed by atoms with Crippen molar-refractivity contribution in [3.05, 3.63) is 40.1 Å². The van der Waals surface area contributed by atoms with Gasteiger partial charge in [-0.05, 0) is 6.07 Å². The Morgan fingerprint density at radius 2 is 2.05 bits per heavy atom. The summed E-state index contributed by atoms with van der Waals surface area (Å²) in [6, 6.07) is 4.22. The van der Waals surface area contributed by atoms with Crippen LogP contribution in [-0.4, -0.2) is 29.1 Å². The van der Waals surface area contributed by atoms with E-state index in [2.05, 4.69) is 4.98 Å². The van der Waals surface area contributed by atoms with Crippen LogP contribution in [0.15, 0.2) is 24.4 Å². The van der Waals surface area contributed by atoms with E-state index in [0.29, 0.717) is 16.7 Å². The predicted molar refractivity (Wildman–Crippen MR) is 64.2 cm³/mol. The second kappa shape index (κ2) is 4.20. The maximum Gasteiger partial charge on any atom is 0.343 e. The van der Waals surface area contributed by atoms with Crippen LogP contribution in [0.5, 0.6) is 5.75 Å². The highest BCUT2D eigenvalue weighted by Gasteiger charge is 2.22. The van der Waals surface area contributed by atoms with Crippen LogP contribution in [0.25, 0.3) is 10.9 Å². The average molecular weight is 260 g/mol. The molecule has 96 valence electrons. The number of nitro groups is 1. The highest BCUT2D eigenvalue weighted by Crippen LogP contribution is 2.32. The van der Waals surface area contributed by atoms with Crippen molar-refractivity contribution in [1.82, 2.24) is 4.98 Å². The zero-order valence-corrected chi connectivity index (χ0v) is 9.66. The van der Waals surface area contributed by atoms with Crippen molar-refractivity contribution >= 4 is 22.6 Å². The monoisotopic (exact) mass is 260 g/mol.